The number of anilines is 3. The SMILES string of the molecule is Cc1cc(N)c(N(C)c2ccc(Cl)cc2)cc1C. The van der Waals surface area contributed by atoms with Crippen LogP contribution in [0.15, 0.2) is 36.4 Å². The summed E-state index contributed by atoms with van der Waals surface area (Å²) in [6.07, 6.45) is 0. The maximum Gasteiger partial charge on any atom is 0.0644 e. The molecule has 18 heavy (non-hydrogen) atoms. The number of nitrogens with two attached hydrogens (primary N) is 1. The average molecular weight is 261 g/mol. The van der Waals surface area contributed by atoms with Crippen molar-refractivity contribution >= 4 is 28.7 Å². The summed E-state index contributed by atoms with van der Waals surface area (Å²) in [5.74, 6) is 0. The number of benzene rings is 2. The van der Waals surface area contributed by atoms with Gasteiger partial charge >= 0.3 is 0 Å². The van der Waals surface area contributed by atoms with Crippen molar-refractivity contribution in [1.82, 2.24) is 0 Å². The number of nitrogen functional groups attached to an aromatic ring is 1. The summed E-state index contributed by atoms with van der Waals surface area (Å²) in [5, 5.41) is 0.736. The van der Waals surface area contributed by atoms with Gasteiger partial charge in [-0.2, -0.15) is 0 Å². The highest BCUT2D eigenvalue weighted by atomic mass is 35.5. The van der Waals surface area contributed by atoms with E-state index in [0.717, 1.165) is 22.1 Å². The fraction of sp³-hybridized carbons (Fsp3) is 0.200. The molecule has 0 aromatic heterocycles. The Morgan fingerprint density at radius 3 is 2.17 bits per heavy atom. The molecule has 0 bridgehead atoms. The predicted octanol–water partition coefficient (Wildman–Crippen LogP) is 4.31. The van der Waals surface area contributed by atoms with Gasteiger partial charge in [0.05, 0.1) is 11.4 Å². The Morgan fingerprint density at radius 2 is 1.56 bits per heavy atom. The van der Waals surface area contributed by atoms with Crippen LogP contribution in [0.1, 0.15) is 11.1 Å². The van der Waals surface area contributed by atoms with Gasteiger partial charge in [-0.05, 0) is 61.4 Å². The third kappa shape index (κ3) is 2.44. The molecule has 0 radical (unpaired) electrons. The molecule has 2 rings (SSSR count). The molecule has 0 aliphatic heterocycles. The lowest BCUT2D eigenvalue weighted by molar-refractivity contribution is 1.19. The second-order valence-electron chi connectivity index (χ2n) is 4.53. The van der Waals surface area contributed by atoms with E-state index < -0.39 is 0 Å². The molecule has 0 saturated heterocycles. The van der Waals surface area contributed by atoms with Gasteiger partial charge in [-0.25, -0.2) is 0 Å². The molecule has 2 aromatic rings. The van der Waals surface area contributed by atoms with Crippen molar-refractivity contribution in [2.75, 3.05) is 17.7 Å². The number of nitrogens with zero attached hydrogens (tertiary/aromatic N) is 1. The Hall–Kier alpha value is -1.67. The number of hydrogen-bond acceptors (Lipinski definition) is 2. The Kier molecular flexibility index (Phi) is 3.48. The van der Waals surface area contributed by atoms with Gasteiger partial charge in [0, 0.05) is 17.8 Å². The lowest BCUT2D eigenvalue weighted by Crippen LogP contribution is -2.12. The van der Waals surface area contributed by atoms with Gasteiger partial charge in [0.25, 0.3) is 0 Å². The summed E-state index contributed by atoms with van der Waals surface area (Å²) in [4.78, 5) is 2.07. The van der Waals surface area contributed by atoms with Gasteiger partial charge in [0.2, 0.25) is 0 Å². The van der Waals surface area contributed by atoms with Crippen molar-refractivity contribution in [1.29, 1.82) is 0 Å². The highest BCUT2D eigenvalue weighted by Gasteiger charge is 2.09. The summed E-state index contributed by atoms with van der Waals surface area (Å²) in [6.45, 7) is 4.16. The van der Waals surface area contributed by atoms with Crippen molar-refractivity contribution < 1.29 is 0 Å². The molecule has 0 aliphatic rings. The van der Waals surface area contributed by atoms with E-state index in [2.05, 4.69) is 24.8 Å². The molecule has 0 heterocycles. The highest BCUT2D eigenvalue weighted by molar-refractivity contribution is 6.30. The maximum atomic E-state index is 6.09. The Bertz CT molecular complexity index is 561. The van der Waals surface area contributed by atoms with Crippen LogP contribution in [0.25, 0.3) is 0 Å². The number of hydrogen-bond donors (Lipinski definition) is 1. The van der Waals surface area contributed by atoms with E-state index in [1.54, 1.807) is 0 Å². The van der Waals surface area contributed by atoms with E-state index in [1.165, 1.54) is 11.1 Å². The fourth-order valence-corrected chi connectivity index (χ4v) is 2.04. The van der Waals surface area contributed by atoms with Crippen molar-refractivity contribution in [3.05, 3.63) is 52.5 Å². The van der Waals surface area contributed by atoms with E-state index in [-0.39, 0.29) is 0 Å². The van der Waals surface area contributed by atoms with Gasteiger partial charge in [0.1, 0.15) is 0 Å². The summed E-state index contributed by atoms with van der Waals surface area (Å²) < 4.78 is 0. The first-order chi connectivity index (χ1) is 8.49. The molecule has 94 valence electrons. The molecule has 0 saturated carbocycles. The third-order valence-corrected chi connectivity index (χ3v) is 3.47. The molecule has 2 N–H and O–H groups in total. The molecule has 2 aromatic carbocycles. The van der Waals surface area contributed by atoms with Crippen LogP contribution >= 0.6 is 11.6 Å². The first-order valence-electron chi connectivity index (χ1n) is 5.85. The Morgan fingerprint density at radius 1 is 1.00 bits per heavy atom. The van der Waals surface area contributed by atoms with Crippen LogP contribution < -0.4 is 10.6 Å². The van der Waals surface area contributed by atoms with Crippen molar-refractivity contribution in [2.24, 2.45) is 0 Å². The highest BCUT2D eigenvalue weighted by Crippen LogP contribution is 2.31. The first-order valence-corrected chi connectivity index (χ1v) is 6.23. The van der Waals surface area contributed by atoms with E-state index in [9.17, 15) is 0 Å². The summed E-state index contributed by atoms with van der Waals surface area (Å²) >= 11 is 5.90. The Balaban J connectivity index is 2.42. The van der Waals surface area contributed by atoms with Gasteiger partial charge < -0.3 is 10.6 Å². The minimum absolute atomic E-state index is 0.736. The topological polar surface area (TPSA) is 29.3 Å². The maximum absolute atomic E-state index is 6.09. The van der Waals surface area contributed by atoms with Crippen LogP contribution in [0, 0.1) is 13.8 Å². The van der Waals surface area contributed by atoms with Gasteiger partial charge in [0.15, 0.2) is 0 Å². The zero-order chi connectivity index (χ0) is 13.3. The van der Waals surface area contributed by atoms with Crippen LogP contribution in [0.2, 0.25) is 5.02 Å². The van der Waals surface area contributed by atoms with E-state index in [4.69, 9.17) is 17.3 Å². The molecule has 0 amide bonds. The molecule has 3 heteroatoms. The van der Waals surface area contributed by atoms with Crippen LogP contribution in [0.3, 0.4) is 0 Å². The monoisotopic (exact) mass is 260 g/mol. The molecule has 2 nitrogen and oxygen atoms in total. The minimum Gasteiger partial charge on any atom is -0.397 e. The van der Waals surface area contributed by atoms with Crippen LogP contribution in [0.5, 0.6) is 0 Å². The lowest BCUT2D eigenvalue weighted by Gasteiger charge is -2.22. The van der Waals surface area contributed by atoms with Gasteiger partial charge in [-0.3, -0.25) is 0 Å². The molecule has 0 fully saturated rings. The molecule has 0 spiro atoms. The van der Waals surface area contributed by atoms with Crippen LogP contribution in [-0.4, -0.2) is 7.05 Å². The van der Waals surface area contributed by atoms with E-state index in [0.29, 0.717) is 0 Å². The standard InChI is InChI=1S/C15H17ClN2/c1-10-8-14(17)15(9-11(10)2)18(3)13-6-4-12(16)5-7-13/h4-9H,17H2,1-3H3. The number of rotatable bonds is 2. The van der Waals surface area contributed by atoms with Crippen molar-refractivity contribution in [3.63, 3.8) is 0 Å². The second-order valence-corrected chi connectivity index (χ2v) is 4.97. The molecule has 0 atom stereocenters. The smallest absolute Gasteiger partial charge is 0.0644 e. The molecular formula is C15H17ClN2. The fourth-order valence-electron chi connectivity index (χ4n) is 1.92. The Labute approximate surface area is 113 Å². The number of halogens is 1. The molecular weight excluding hydrogens is 244 g/mol. The van der Waals surface area contributed by atoms with Crippen molar-refractivity contribution in [3.8, 4) is 0 Å². The third-order valence-electron chi connectivity index (χ3n) is 3.22. The van der Waals surface area contributed by atoms with Crippen LogP contribution in [-0.2, 0) is 0 Å². The minimum atomic E-state index is 0.736. The molecule has 0 unspecified atom stereocenters. The zero-order valence-electron chi connectivity index (χ0n) is 10.9. The van der Waals surface area contributed by atoms with Crippen LogP contribution in [0.4, 0.5) is 17.1 Å². The summed E-state index contributed by atoms with van der Waals surface area (Å²) in [7, 11) is 2.00. The second kappa shape index (κ2) is 4.91. The molecule has 0 aliphatic carbocycles. The van der Waals surface area contributed by atoms with E-state index >= 15 is 0 Å². The predicted molar refractivity (Wildman–Crippen MR) is 79.8 cm³/mol. The summed E-state index contributed by atoms with van der Waals surface area (Å²) in [6, 6.07) is 11.8. The number of aryl methyl sites for hydroxylation is 2. The lowest BCUT2D eigenvalue weighted by atomic mass is 10.1. The summed E-state index contributed by atoms with van der Waals surface area (Å²) in [5.41, 5.74) is 11.4. The zero-order valence-corrected chi connectivity index (χ0v) is 11.6. The largest absolute Gasteiger partial charge is 0.397 e. The van der Waals surface area contributed by atoms with Gasteiger partial charge in [-0.15, -0.1) is 0 Å². The quantitative estimate of drug-likeness (QED) is 0.816. The first kappa shape index (κ1) is 12.8. The normalized spacial score (nSPS) is 10.4. The van der Waals surface area contributed by atoms with Crippen molar-refractivity contribution in [2.45, 2.75) is 13.8 Å². The van der Waals surface area contributed by atoms with E-state index in [1.807, 2.05) is 37.4 Å². The average Bonchev–Trinajstić information content (AvgIpc) is 2.34. The van der Waals surface area contributed by atoms with Gasteiger partial charge in [-0.1, -0.05) is 11.6 Å².